The number of nitrogens with zero attached hydrogens (tertiary/aromatic N) is 6. The van der Waals surface area contributed by atoms with Gasteiger partial charge in [0.05, 0.1) is 18.2 Å². The van der Waals surface area contributed by atoms with E-state index in [1.807, 2.05) is 65.6 Å². The smallest absolute Gasteiger partial charge is 0.217 e. The summed E-state index contributed by atoms with van der Waals surface area (Å²) in [4.78, 5) is 10.7. The summed E-state index contributed by atoms with van der Waals surface area (Å²) in [6.45, 7) is 4.89. The number of rotatable bonds is 12. The molecular weight excluding hydrogens is 721 g/mol. The van der Waals surface area contributed by atoms with Crippen LogP contribution in [0.4, 0.5) is 22.7 Å². The number of benzene rings is 4. The van der Waals surface area contributed by atoms with Gasteiger partial charge in [-0.25, -0.2) is 9.67 Å². The largest absolute Gasteiger partial charge is 0.491 e. The van der Waals surface area contributed by atoms with Crippen LogP contribution in [0.15, 0.2) is 110 Å². The first-order chi connectivity index (χ1) is 25.4. The van der Waals surface area contributed by atoms with Crippen LogP contribution in [-0.2, 0) is 21.8 Å². The number of aromatic nitrogens is 3. The number of aliphatic hydroxyl groups excluding tert-OH is 1. The summed E-state index contributed by atoms with van der Waals surface area (Å²) in [5.74, 6) is -0.409. The maximum Gasteiger partial charge on any atom is 0.217 e. The van der Waals surface area contributed by atoms with Crippen LogP contribution in [0.25, 0.3) is 0 Å². The Morgan fingerprint density at radius 3 is 2.27 bits per heavy atom. The summed E-state index contributed by atoms with van der Waals surface area (Å²) in [6.07, 6.45) is 2.74. The second-order valence-corrected chi connectivity index (χ2v) is 13.7. The average molecular weight is 761 g/mol. The minimum Gasteiger partial charge on any atom is -0.491 e. The number of ether oxygens (including phenoxy) is 3. The molecule has 2 aliphatic heterocycles. The molecule has 0 amide bonds. The maximum atomic E-state index is 9.58. The lowest BCUT2D eigenvalue weighted by Gasteiger charge is -2.37. The van der Waals surface area contributed by atoms with Gasteiger partial charge >= 0.3 is 0 Å². The predicted molar refractivity (Wildman–Crippen MR) is 209 cm³/mol. The number of thiocarbonyl (C=S) groups is 1. The van der Waals surface area contributed by atoms with E-state index >= 15 is 0 Å². The van der Waals surface area contributed by atoms with Crippen molar-refractivity contribution in [2.24, 2.45) is 0 Å². The number of halogens is 2. The van der Waals surface area contributed by atoms with Gasteiger partial charge in [-0.05, 0) is 85.0 Å². The molecular formula is C38H39Cl2N7O4S. The quantitative estimate of drug-likeness (QED) is 0.137. The highest BCUT2D eigenvalue weighted by Crippen LogP contribution is 2.40. The molecule has 0 unspecified atom stereocenters. The second kappa shape index (κ2) is 16.5. The third-order valence-electron chi connectivity index (χ3n) is 9.08. The Morgan fingerprint density at radius 2 is 1.63 bits per heavy atom. The second-order valence-electron chi connectivity index (χ2n) is 12.5. The Hall–Kier alpha value is -4.43. The van der Waals surface area contributed by atoms with Gasteiger partial charge in [-0.2, -0.15) is 5.10 Å². The van der Waals surface area contributed by atoms with Crippen LogP contribution in [-0.4, -0.2) is 83.6 Å². The molecule has 2 aliphatic rings. The van der Waals surface area contributed by atoms with Crippen LogP contribution >= 0.6 is 35.4 Å². The molecule has 1 aromatic heterocycles. The van der Waals surface area contributed by atoms with Crippen molar-refractivity contribution in [1.82, 2.24) is 14.8 Å². The number of piperazine rings is 1. The molecule has 0 spiro atoms. The van der Waals surface area contributed by atoms with Crippen molar-refractivity contribution >= 4 is 63.3 Å². The molecule has 270 valence electrons. The van der Waals surface area contributed by atoms with E-state index in [0.717, 1.165) is 54.7 Å². The van der Waals surface area contributed by atoms with Crippen LogP contribution < -0.4 is 24.8 Å². The van der Waals surface area contributed by atoms with Crippen molar-refractivity contribution in [3.63, 3.8) is 0 Å². The highest BCUT2D eigenvalue weighted by Gasteiger charge is 2.45. The zero-order valence-corrected chi connectivity index (χ0v) is 30.7. The summed E-state index contributed by atoms with van der Waals surface area (Å²) in [5, 5.41) is 18.7. The van der Waals surface area contributed by atoms with Crippen LogP contribution in [0.5, 0.6) is 5.75 Å². The van der Waals surface area contributed by atoms with Crippen LogP contribution in [0.2, 0.25) is 10.0 Å². The van der Waals surface area contributed by atoms with Gasteiger partial charge in [0.2, 0.25) is 5.79 Å². The highest BCUT2D eigenvalue weighted by molar-refractivity contribution is 7.80. The third-order valence-corrected chi connectivity index (χ3v) is 9.95. The van der Waals surface area contributed by atoms with Crippen molar-refractivity contribution in [2.45, 2.75) is 18.4 Å². The average Bonchev–Trinajstić information content (AvgIpc) is 3.84. The Kier molecular flexibility index (Phi) is 11.4. The molecule has 7 rings (SSSR count). The molecule has 0 radical (unpaired) electrons. The maximum absolute atomic E-state index is 9.58. The van der Waals surface area contributed by atoms with Crippen molar-refractivity contribution < 1.29 is 19.3 Å². The molecule has 4 aromatic carbocycles. The van der Waals surface area contributed by atoms with Crippen molar-refractivity contribution in [2.75, 3.05) is 72.6 Å². The zero-order valence-electron chi connectivity index (χ0n) is 28.4. The summed E-state index contributed by atoms with van der Waals surface area (Å²) >= 11 is 18.4. The monoisotopic (exact) mass is 759 g/mol. The first-order valence-electron chi connectivity index (χ1n) is 17.1. The predicted octanol–water partition coefficient (Wildman–Crippen LogP) is 6.45. The van der Waals surface area contributed by atoms with Gasteiger partial charge in [0.1, 0.15) is 37.7 Å². The highest BCUT2D eigenvalue weighted by atomic mass is 35.5. The fourth-order valence-corrected chi connectivity index (χ4v) is 7.32. The minimum atomic E-state index is -1.16. The van der Waals surface area contributed by atoms with Crippen LogP contribution in [0.1, 0.15) is 5.56 Å². The first kappa shape index (κ1) is 36.0. The molecule has 2 fully saturated rings. The van der Waals surface area contributed by atoms with Gasteiger partial charge in [0, 0.05) is 66.1 Å². The van der Waals surface area contributed by atoms with Gasteiger partial charge < -0.3 is 39.3 Å². The van der Waals surface area contributed by atoms with E-state index in [1.54, 1.807) is 23.1 Å². The van der Waals surface area contributed by atoms with Gasteiger partial charge in [0.15, 0.2) is 5.11 Å². The molecule has 0 aliphatic carbocycles. The molecule has 2 saturated heterocycles. The van der Waals surface area contributed by atoms with Crippen LogP contribution in [0.3, 0.4) is 0 Å². The zero-order chi connectivity index (χ0) is 35.9. The fraction of sp³-hybridized carbons (Fsp3) is 0.289. The van der Waals surface area contributed by atoms with Gasteiger partial charge in [-0.1, -0.05) is 47.5 Å². The van der Waals surface area contributed by atoms with Gasteiger partial charge in [-0.15, -0.1) is 0 Å². The molecule has 2 atom stereocenters. The van der Waals surface area contributed by atoms with E-state index in [1.165, 1.54) is 6.33 Å². The Balaban J connectivity index is 0.897. The summed E-state index contributed by atoms with van der Waals surface area (Å²) < 4.78 is 20.6. The standard InChI is InChI=1S/C38H39Cl2N7O4S/c39-28-6-15-35(36(40)22-28)38(25-46-27-41-26-42-46)50-24-34(51-38)23-49-33-13-11-31(12-14-33)45-18-16-44(17-19-45)30-9-7-29(8-10-30)43-37(52)47(20-21-48)32-4-2-1-3-5-32/h1-15,22,26-27,34,48H,16-21,23-25H2,(H,43,52)/t34-,38-/m1/s1. The van der Waals surface area contributed by atoms with Gasteiger partial charge in [-0.3, -0.25) is 0 Å². The molecule has 5 aromatic rings. The number of para-hydroxylation sites is 1. The Morgan fingerprint density at radius 1 is 0.942 bits per heavy atom. The normalized spacial score (nSPS) is 18.7. The van der Waals surface area contributed by atoms with Gasteiger partial charge in [0.25, 0.3) is 0 Å². The number of anilines is 4. The molecule has 52 heavy (non-hydrogen) atoms. The van der Waals surface area contributed by atoms with E-state index < -0.39 is 5.79 Å². The lowest BCUT2D eigenvalue weighted by molar-refractivity contribution is -0.190. The first-order valence-corrected chi connectivity index (χ1v) is 18.2. The fourth-order valence-electron chi connectivity index (χ4n) is 6.45. The topological polar surface area (TPSA) is 100 Å². The Labute approximate surface area is 318 Å². The summed E-state index contributed by atoms with van der Waals surface area (Å²) in [6, 6.07) is 31.6. The summed E-state index contributed by atoms with van der Waals surface area (Å²) in [7, 11) is 0. The summed E-state index contributed by atoms with van der Waals surface area (Å²) in [5.41, 5.74) is 4.81. The van der Waals surface area contributed by atoms with Crippen molar-refractivity contribution in [3.05, 3.63) is 125 Å². The molecule has 2 N–H and O–H groups in total. The lowest BCUT2D eigenvalue weighted by Crippen LogP contribution is -2.46. The molecule has 14 heteroatoms. The Bertz CT molecular complexity index is 1910. The van der Waals surface area contributed by atoms with Crippen molar-refractivity contribution in [1.29, 1.82) is 0 Å². The minimum absolute atomic E-state index is 0.00149. The SMILES string of the molecule is OCCN(C(=S)Nc1ccc(N2CCN(c3ccc(OC[C@@H]4CO[C@@](Cn5cncn5)(c5ccc(Cl)cc5Cl)O4)cc3)CC2)cc1)c1ccccc1. The van der Waals surface area contributed by atoms with E-state index in [9.17, 15) is 5.11 Å². The molecule has 0 saturated carbocycles. The lowest BCUT2D eigenvalue weighted by atomic mass is 10.1. The number of hydrogen-bond donors (Lipinski definition) is 2. The van der Waals surface area contributed by atoms with Crippen LogP contribution in [0, 0.1) is 0 Å². The van der Waals surface area contributed by atoms with E-state index in [4.69, 9.17) is 49.6 Å². The third kappa shape index (κ3) is 8.44. The van der Waals surface area contributed by atoms with E-state index in [0.29, 0.717) is 40.5 Å². The number of aliphatic hydroxyl groups is 1. The number of hydrogen-bond acceptors (Lipinski definition) is 9. The van der Waals surface area contributed by atoms with E-state index in [2.05, 4.69) is 49.5 Å². The molecule has 0 bridgehead atoms. The molecule has 11 nitrogen and oxygen atoms in total. The van der Waals surface area contributed by atoms with Crippen molar-refractivity contribution in [3.8, 4) is 5.75 Å². The molecule has 3 heterocycles. The van der Waals surface area contributed by atoms with E-state index in [-0.39, 0.29) is 19.3 Å². The number of nitrogens with one attached hydrogen (secondary N) is 1.